The minimum Gasteiger partial charge on any atom is -0.508 e. The van der Waals surface area contributed by atoms with Crippen LogP contribution < -0.4 is 9.47 Å². The van der Waals surface area contributed by atoms with Crippen molar-refractivity contribution in [3.05, 3.63) is 119 Å². The topological polar surface area (TPSA) is 58.9 Å². The molecule has 4 nitrogen and oxygen atoms in total. The highest BCUT2D eigenvalue weighted by molar-refractivity contribution is 5.42. The average molecular weight is 441 g/mol. The van der Waals surface area contributed by atoms with Crippen molar-refractivity contribution in [3.8, 4) is 23.0 Å². The van der Waals surface area contributed by atoms with Crippen molar-refractivity contribution >= 4 is 0 Å². The number of aryl methyl sites for hydroxylation is 2. The number of hydrogen-bond acceptors (Lipinski definition) is 4. The third kappa shape index (κ3) is 6.53. The van der Waals surface area contributed by atoms with Gasteiger partial charge in [-0.2, -0.15) is 0 Å². The number of hydrogen-bond donors (Lipinski definition) is 2. The molecule has 0 fully saturated rings. The first-order chi connectivity index (χ1) is 16.2. The third-order valence-electron chi connectivity index (χ3n) is 5.49. The van der Waals surface area contributed by atoms with Gasteiger partial charge >= 0.3 is 0 Å². The molecule has 0 amide bonds. The molecule has 0 aromatic heterocycles. The van der Waals surface area contributed by atoms with Crippen LogP contribution in [0.25, 0.3) is 0 Å². The molecule has 4 heteroatoms. The Morgan fingerprint density at radius 1 is 0.576 bits per heavy atom. The SMILES string of the molecule is Oc1ccc(CCCc2ccc(OCc3ccccc3)cc2OCc2ccccc2)c(O)c1. The number of benzene rings is 4. The monoisotopic (exact) mass is 440 g/mol. The Bertz CT molecular complexity index is 1160. The predicted octanol–water partition coefficient (Wildman–Crippen LogP) is 6.43. The highest BCUT2D eigenvalue weighted by atomic mass is 16.5. The second kappa shape index (κ2) is 11.1. The average Bonchev–Trinajstić information content (AvgIpc) is 2.85. The zero-order valence-electron chi connectivity index (χ0n) is 18.5. The summed E-state index contributed by atoms with van der Waals surface area (Å²) in [6.07, 6.45) is 2.34. The van der Waals surface area contributed by atoms with Crippen LogP contribution in [0.1, 0.15) is 28.7 Å². The van der Waals surface area contributed by atoms with E-state index in [0.29, 0.717) is 19.6 Å². The first-order valence-electron chi connectivity index (χ1n) is 11.1. The molecule has 4 aromatic carbocycles. The van der Waals surface area contributed by atoms with Crippen molar-refractivity contribution in [1.82, 2.24) is 0 Å². The quantitative estimate of drug-likeness (QED) is 0.298. The van der Waals surface area contributed by atoms with E-state index in [2.05, 4.69) is 6.07 Å². The van der Waals surface area contributed by atoms with Crippen molar-refractivity contribution in [2.24, 2.45) is 0 Å². The standard InChI is InChI=1S/C29H28O4/c30-26-16-14-24(28(31)18-26)12-7-13-25-15-17-27(32-20-22-8-3-1-4-9-22)19-29(25)33-21-23-10-5-2-6-11-23/h1-6,8-11,14-19,30-31H,7,12-13,20-21H2. The van der Waals surface area contributed by atoms with Gasteiger partial charge in [0.1, 0.15) is 36.2 Å². The molecule has 168 valence electrons. The normalized spacial score (nSPS) is 10.7. The van der Waals surface area contributed by atoms with Crippen molar-refractivity contribution in [2.75, 3.05) is 0 Å². The smallest absolute Gasteiger partial charge is 0.126 e. The summed E-state index contributed by atoms with van der Waals surface area (Å²) >= 11 is 0. The molecular weight excluding hydrogens is 412 g/mol. The van der Waals surface area contributed by atoms with Gasteiger partial charge in [0.25, 0.3) is 0 Å². The zero-order valence-corrected chi connectivity index (χ0v) is 18.5. The van der Waals surface area contributed by atoms with E-state index in [9.17, 15) is 10.2 Å². The van der Waals surface area contributed by atoms with E-state index in [4.69, 9.17) is 9.47 Å². The minimum atomic E-state index is 0.0685. The summed E-state index contributed by atoms with van der Waals surface area (Å²) in [6, 6.07) is 30.9. The summed E-state index contributed by atoms with van der Waals surface area (Å²) in [5, 5.41) is 19.5. The zero-order chi connectivity index (χ0) is 22.9. The lowest BCUT2D eigenvalue weighted by molar-refractivity contribution is 0.287. The molecule has 0 atom stereocenters. The van der Waals surface area contributed by atoms with E-state index < -0.39 is 0 Å². The Balaban J connectivity index is 1.45. The van der Waals surface area contributed by atoms with Crippen LogP contribution in [0.4, 0.5) is 0 Å². The van der Waals surface area contributed by atoms with Gasteiger partial charge in [-0.25, -0.2) is 0 Å². The molecule has 4 rings (SSSR count). The fourth-order valence-corrected chi connectivity index (χ4v) is 3.67. The van der Waals surface area contributed by atoms with Crippen molar-refractivity contribution in [1.29, 1.82) is 0 Å². The Kier molecular flexibility index (Phi) is 7.49. The second-order valence-corrected chi connectivity index (χ2v) is 7.98. The second-order valence-electron chi connectivity index (χ2n) is 7.98. The highest BCUT2D eigenvalue weighted by Gasteiger charge is 2.09. The maximum Gasteiger partial charge on any atom is 0.126 e. The van der Waals surface area contributed by atoms with Crippen LogP contribution in [0.5, 0.6) is 23.0 Å². The first-order valence-corrected chi connectivity index (χ1v) is 11.1. The Morgan fingerprint density at radius 2 is 1.18 bits per heavy atom. The maximum absolute atomic E-state index is 10.0. The van der Waals surface area contributed by atoms with Gasteiger partial charge in [-0.1, -0.05) is 72.8 Å². The van der Waals surface area contributed by atoms with Crippen molar-refractivity contribution < 1.29 is 19.7 Å². The summed E-state index contributed by atoms with van der Waals surface area (Å²) in [5.41, 5.74) is 4.13. The van der Waals surface area contributed by atoms with Crippen LogP contribution in [0.2, 0.25) is 0 Å². The first kappa shape index (κ1) is 22.3. The van der Waals surface area contributed by atoms with E-state index in [-0.39, 0.29) is 11.5 Å². The molecule has 0 aliphatic rings. The fourth-order valence-electron chi connectivity index (χ4n) is 3.67. The lowest BCUT2D eigenvalue weighted by Gasteiger charge is -2.15. The van der Waals surface area contributed by atoms with Crippen molar-refractivity contribution in [3.63, 3.8) is 0 Å². The number of rotatable bonds is 10. The molecule has 0 unspecified atom stereocenters. The van der Waals surface area contributed by atoms with Gasteiger partial charge in [-0.3, -0.25) is 0 Å². The Labute approximate surface area is 194 Å². The van der Waals surface area contributed by atoms with E-state index in [1.165, 1.54) is 6.07 Å². The van der Waals surface area contributed by atoms with Gasteiger partial charge in [0.15, 0.2) is 0 Å². The summed E-state index contributed by atoms with van der Waals surface area (Å²) in [6.45, 7) is 0.979. The van der Waals surface area contributed by atoms with Crippen LogP contribution in [-0.2, 0) is 26.1 Å². The van der Waals surface area contributed by atoms with Crippen LogP contribution in [0, 0.1) is 0 Å². The maximum atomic E-state index is 10.0. The van der Waals surface area contributed by atoms with Gasteiger partial charge in [0.2, 0.25) is 0 Å². The van der Waals surface area contributed by atoms with Crippen LogP contribution in [0.3, 0.4) is 0 Å². The summed E-state index contributed by atoms with van der Waals surface area (Å²) in [5.74, 6) is 1.76. The molecule has 0 saturated carbocycles. The van der Waals surface area contributed by atoms with E-state index >= 15 is 0 Å². The predicted molar refractivity (Wildman–Crippen MR) is 130 cm³/mol. The summed E-state index contributed by atoms with van der Waals surface area (Å²) in [4.78, 5) is 0. The molecule has 2 N–H and O–H groups in total. The van der Waals surface area contributed by atoms with E-state index in [0.717, 1.165) is 46.6 Å². The van der Waals surface area contributed by atoms with Gasteiger partial charge in [0.05, 0.1) is 0 Å². The number of phenolic OH excluding ortho intramolecular Hbond substituents is 2. The van der Waals surface area contributed by atoms with Gasteiger partial charge < -0.3 is 19.7 Å². The number of phenols is 2. The third-order valence-corrected chi connectivity index (χ3v) is 5.49. The summed E-state index contributed by atoms with van der Waals surface area (Å²) < 4.78 is 12.2. The van der Waals surface area contributed by atoms with Gasteiger partial charge in [0, 0.05) is 12.1 Å². The molecule has 0 spiro atoms. The van der Waals surface area contributed by atoms with E-state index in [1.54, 1.807) is 12.1 Å². The Hall–Kier alpha value is -3.92. The number of ether oxygens (including phenoxy) is 2. The number of aromatic hydroxyl groups is 2. The molecule has 4 aromatic rings. The molecular formula is C29H28O4. The molecule has 0 aliphatic heterocycles. The van der Waals surface area contributed by atoms with Crippen molar-refractivity contribution in [2.45, 2.75) is 32.5 Å². The Morgan fingerprint density at radius 3 is 1.85 bits per heavy atom. The lowest BCUT2D eigenvalue weighted by atomic mass is 10.0. The lowest BCUT2D eigenvalue weighted by Crippen LogP contribution is -2.01. The molecule has 0 radical (unpaired) electrons. The molecule has 0 heterocycles. The van der Waals surface area contributed by atoms with Crippen LogP contribution in [0.15, 0.2) is 97.1 Å². The van der Waals surface area contributed by atoms with Gasteiger partial charge in [-0.15, -0.1) is 0 Å². The molecule has 33 heavy (non-hydrogen) atoms. The highest BCUT2D eigenvalue weighted by Crippen LogP contribution is 2.29. The molecule has 0 bridgehead atoms. The largest absolute Gasteiger partial charge is 0.508 e. The molecule has 0 saturated heterocycles. The van der Waals surface area contributed by atoms with Crippen LogP contribution >= 0.6 is 0 Å². The minimum absolute atomic E-state index is 0.0685. The van der Waals surface area contributed by atoms with E-state index in [1.807, 2.05) is 72.8 Å². The van der Waals surface area contributed by atoms with Gasteiger partial charge in [-0.05, 0) is 53.6 Å². The van der Waals surface area contributed by atoms with Crippen LogP contribution in [-0.4, -0.2) is 10.2 Å². The summed E-state index contributed by atoms with van der Waals surface area (Å²) in [7, 11) is 0. The fraction of sp³-hybridized carbons (Fsp3) is 0.172. The molecule has 0 aliphatic carbocycles.